The predicted molar refractivity (Wildman–Crippen MR) is 148 cm³/mol. The van der Waals surface area contributed by atoms with Crippen LogP contribution in [-0.4, -0.2) is 17.7 Å². The van der Waals surface area contributed by atoms with E-state index in [4.69, 9.17) is 9.73 Å². The molecule has 0 aliphatic carbocycles. The second-order valence-electron chi connectivity index (χ2n) is 8.45. The Morgan fingerprint density at radius 3 is 2.29 bits per heavy atom. The maximum absolute atomic E-state index is 13.8. The monoisotopic (exact) mass is 478 g/mol. The Bertz CT molecular complexity index is 1450. The van der Waals surface area contributed by atoms with Gasteiger partial charge in [-0.25, -0.2) is 4.99 Å². The van der Waals surface area contributed by atoms with E-state index in [0.29, 0.717) is 16.7 Å². The van der Waals surface area contributed by atoms with Crippen molar-refractivity contribution in [2.24, 2.45) is 4.99 Å². The van der Waals surface area contributed by atoms with Gasteiger partial charge in [0, 0.05) is 5.56 Å². The molecule has 0 saturated carbocycles. The molecule has 5 heteroatoms. The first-order valence-corrected chi connectivity index (χ1v) is 12.5. The summed E-state index contributed by atoms with van der Waals surface area (Å²) < 4.78 is 5.94. The molecule has 4 aromatic rings. The molecule has 1 saturated heterocycles. The summed E-state index contributed by atoms with van der Waals surface area (Å²) in [5.41, 5.74) is 4.81. The number of ether oxygens (including phenoxy) is 1. The van der Waals surface area contributed by atoms with Crippen molar-refractivity contribution >= 4 is 51.1 Å². The van der Waals surface area contributed by atoms with Crippen molar-refractivity contribution < 1.29 is 9.53 Å². The number of nitrogens with zero attached hydrogens (tertiary/aromatic N) is 2. The Morgan fingerprint density at radius 2 is 1.57 bits per heavy atom. The fourth-order valence-corrected chi connectivity index (χ4v) is 5.02. The van der Waals surface area contributed by atoms with Crippen molar-refractivity contribution in [1.29, 1.82) is 0 Å². The average Bonchev–Trinajstić information content (AvgIpc) is 3.17. The summed E-state index contributed by atoms with van der Waals surface area (Å²) in [6, 6.07) is 28.1. The van der Waals surface area contributed by atoms with Crippen molar-refractivity contribution in [2.45, 2.75) is 20.8 Å². The molecule has 1 aliphatic heterocycles. The van der Waals surface area contributed by atoms with Crippen LogP contribution in [0.4, 0.5) is 11.4 Å². The van der Waals surface area contributed by atoms with Crippen LogP contribution in [0.2, 0.25) is 0 Å². The molecule has 1 aliphatic rings. The molecule has 4 nitrogen and oxygen atoms in total. The van der Waals surface area contributed by atoms with Crippen molar-refractivity contribution in [3.63, 3.8) is 0 Å². The molecule has 1 heterocycles. The number of anilines is 1. The van der Waals surface area contributed by atoms with Crippen LogP contribution in [0.25, 0.3) is 16.8 Å². The predicted octanol–water partition coefficient (Wildman–Crippen LogP) is 7.66. The highest BCUT2D eigenvalue weighted by Crippen LogP contribution is 2.40. The van der Waals surface area contributed by atoms with Gasteiger partial charge in [-0.2, -0.15) is 0 Å². The van der Waals surface area contributed by atoms with Crippen LogP contribution in [0.1, 0.15) is 23.6 Å². The minimum absolute atomic E-state index is 0.0971. The lowest BCUT2D eigenvalue weighted by Gasteiger charge is -2.16. The van der Waals surface area contributed by atoms with E-state index in [1.807, 2.05) is 93.6 Å². The van der Waals surface area contributed by atoms with Gasteiger partial charge in [0.2, 0.25) is 0 Å². The van der Waals surface area contributed by atoms with E-state index in [2.05, 4.69) is 18.2 Å². The molecule has 0 spiro atoms. The number of fused-ring (bicyclic) bond motifs is 1. The third kappa shape index (κ3) is 4.73. The van der Waals surface area contributed by atoms with Crippen molar-refractivity contribution in [2.75, 3.05) is 11.5 Å². The van der Waals surface area contributed by atoms with Gasteiger partial charge in [0.15, 0.2) is 5.17 Å². The summed E-state index contributed by atoms with van der Waals surface area (Å²) in [6.07, 6.45) is 1.94. The van der Waals surface area contributed by atoms with Crippen LogP contribution in [0.5, 0.6) is 5.75 Å². The van der Waals surface area contributed by atoms with Crippen LogP contribution in [-0.2, 0) is 4.79 Å². The Balaban J connectivity index is 1.64. The number of hydrogen-bond donors (Lipinski definition) is 0. The zero-order chi connectivity index (χ0) is 24.4. The number of carbonyl (C=O) groups excluding carboxylic acids is 1. The van der Waals surface area contributed by atoms with Crippen molar-refractivity contribution in [3.05, 3.63) is 107 Å². The lowest BCUT2D eigenvalue weighted by Crippen LogP contribution is -2.28. The normalized spacial score (nSPS) is 16.0. The van der Waals surface area contributed by atoms with E-state index in [1.54, 1.807) is 4.90 Å². The van der Waals surface area contributed by atoms with Crippen LogP contribution < -0.4 is 9.64 Å². The SMILES string of the molecule is CCOc1ccc2ccccc2c1/C=C1\SC(=Nc2ccc(C)cc2)N(c2ccc(C)cc2)C1=O. The molecule has 4 aromatic carbocycles. The molecular weight excluding hydrogens is 452 g/mol. The number of aryl methyl sites for hydroxylation is 2. The first-order valence-electron chi connectivity index (χ1n) is 11.6. The molecular formula is C30H26N2O2S. The van der Waals surface area contributed by atoms with Gasteiger partial charge in [-0.15, -0.1) is 0 Å². The van der Waals surface area contributed by atoms with Gasteiger partial charge in [0.05, 0.1) is 22.9 Å². The Labute approximate surface area is 210 Å². The third-order valence-corrected chi connectivity index (χ3v) is 6.83. The lowest BCUT2D eigenvalue weighted by atomic mass is 10.0. The summed E-state index contributed by atoms with van der Waals surface area (Å²) in [6.45, 7) is 6.59. The Hall–Kier alpha value is -3.83. The maximum Gasteiger partial charge on any atom is 0.271 e. The van der Waals surface area contributed by atoms with Gasteiger partial charge >= 0.3 is 0 Å². The number of benzene rings is 4. The molecule has 1 amide bonds. The third-order valence-electron chi connectivity index (χ3n) is 5.86. The van der Waals surface area contributed by atoms with Crippen molar-refractivity contribution in [1.82, 2.24) is 0 Å². The number of thioether (sulfide) groups is 1. The van der Waals surface area contributed by atoms with E-state index in [9.17, 15) is 4.79 Å². The number of aliphatic imine (C=N–C) groups is 1. The van der Waals surface area contributed by atoms with Gasteiger partial charge in [0.1, 0.15) is 5.75 Å². The second kappa shape index (κ2) is 9.80. The van der Waals surface area contributed by atoms with Gasteiger partial charge < -0.3 is 4.74 Å². The number of amidine groups is 1. The smallest absolute Gasteiger partial charge is 0.271 e. The first kappa shape index (κ1) is 22.9. The molecule has 0 radical (unpaired) electrons. The highest BCUT2D eigenvalue weighted by molar-refractivity contribution is 8.19. The van der Waals surface area contributed by atoms with Crippen LogP contribution in [0.15, 0.2) is 94.8 Å². The van der Waals surface area contributed by atoms with Gasteiger partial charge in [-0.1, -0.05) is 65.7 Å². The van der Waals surface area contributed by atoms with E-state index in [1.165, 1.54) is 17.3 Å². The number of hydrogen-bond acceptors (Lipinski definition) is 4. The zero-order valence-electron chi connectivity index (χ0n) is 20.0. The number of rotatable bonds is 5. The summed E-state index contributed by atoms with van der Waals surface area (Å²) in [5.74, 6) is 0.665. The molecule has 0 atom stereocenters. The van der Waals surface area contributed by atoms with Crippen molar-refractivity contribution in [3.8, 4) is 5.75 Å². The maximum atomic E-state index is 13.8. The van der Waals surface area contributed by atoms with Gasteiger partial charge in [-0.3, -0.25) is 9.69 Å². The van der Waals surface area contributed by atoms with E-state index in [-0.39, 0.29) is 5.91 Å². The zero-order valence-corrected chi connectivity index (χ0v) is 20.8. The molecule has 1 fully saturated rings. The topological polar surface area (TPSA) is 41.9 Å². The minimum Gasteiger partial charge on any atom is -0.493 e. The molecule has 5 rings (SSSR count). The van der Waals surface area contributed by atoms with E-state index < -0.39 is 0 Å². The molecule has 0 unspecified atom stereocenters. The summed E-state index contributed by atoms with van der Waals surface area (Å²) in [7, 11) is 0. The van der Waals surface area contributed by atoms with E-state index in [0.717, 1.165) is 39.0 Å². The fourth-order valence-electron chi connectivity index (χ4n) is 4.04. The highest BCUT2D eigenvalue weighted by Gasteiger charge is 2.35. The minimum atomic E-state index is -0.0971. The summed E-state index contributed by atoms with van der Waals surface area (Å²) >= 11 is 1.39. The number of amides is 1. The lowest BCUT2D eigenvalue weighted by molar-refractivity contribution is -0.113. The van der Waals surface area contributed by atoms with Gasteiger partial charge in [-0.05, 0) is 79.7 Å². The van der Waals surface area contributed by atoms with E-state index >= 15 is 0 Å². The average molecular weight is 479 g/mol. The number of carbonyl (C=O) groups is 1. The molecule has 0 bridgehead atoms. The van der Waals surface area contributed by atoms with Crippen LogP contribution >= 0.6 is 11.8 Å². The molecule has 0 aromatic heterocycles. The fraction of sp³-hybridized carbons (Fsp3) is 0.133. The first-order chi connectivity index (χ1) is 17.0. The Kier molecular flexibility index (Phi) is 6.43. The summed E-state index contributed by atoms with van der Waals surface area (Å²) in [4.78, 5) is 20.9. The molecule has 0 N–H and O–H groups in total. The van der Waals surface area contributed by atoms with Crippen LogP contribution in [0, 0.1) is 13.8 Å². The largest absolute Gasteiger partial charge is 0.493 e. The van der Waals surface area contributed by atoms with Crippen LogP contribution in [0.3, 0.4) is 0 Å². The second-order valence-corrected chi connectivity index (χ2v) is 9.46. The molecule has 174 valence electrons. The molecule has 35 heavy (non-hydrogen) atoms. The highest BCUT2D eigenvalue weighted by atomic mass is 32.2. The standard InChI is InChI=1S/C30H26N2O2S/c1-4-34-27-18-13-22-7-5-6-8-25(22)26(27)19-28-29(33)32(24-16-11-21(3)12-17-24)30(35-28)31-23-14-9-20(2)10-15-23/h5-19H,4H2,1-3H3/b28-19-,31-30?. The quantitative estimate of drug-likeness (QED) is 0.276. The Morgan fingerprint density at radius 1 is 0.886 bits per heavy atom. The summed E-state index contributed by atoms with van der Waals surface area (Å²) in [5, 5.41) is 2.78. The van der Waals surface area contributed by atoms with Gasteiger partial charge in [0.25, 0.3) is 5.91 Å².